The number of esters is 3. The second-order valence-electron chi connectivity index (χ2n) is 19.2. The fourth-order valence-electron chi connectivity index (χ4n) is 8.16. The molecule has 0 amide bonds. The largest absolute Gasteiger partial charge is 0.462 e. The molecule has 0 aromatic heterocycles. The number of unbranched alkanes of at least 4 members (excludes halogenated alkanes) is 30. The van der Waals surface area contributed by atoms with Gasteiger partial charge in [-0.1, -0.05) is 267 Å². The number of hydrogen-bond donors (Lipinski definition) is 0. The Labute approximate surface area is 421 Å². The van der Waals surface area contributed by atoms with E-state index in [0.717, 1.165) is 70.6 Å². The quantitative estimate of drug-likeness (QED) is 0.0262. The number of carbonyl (C=O) groups excluding carboxylic acids is 3. The van der Waals surface area contributed by atoms with Crippen LogP contribution in [0.15, 0.2) is 72.9 Å². The van der Waals surface area contributed by atoms with Gasteiger partial charge in [-0.25, -0.2) is 0 Å². The Morgan fingerprint density at radius 2 is 0.618 bits per heavy atom. The average molecular weight is 950 g/mol. The van der Waals surface area contributed by atoms with Crippen LogP contribution >= 0.6 is 0 Å². The first-order valence-corrected chi connectivity index (χ1v) is 28.9. The van der Waals surface area contributed by atoms with Crippen molar-refractivity contribution in [2.45, 2.75) is 290 Å². The standard InChI is InChI=1S/C62H108O6/c1-4-7-10-13-16-19-22-25-28-29-30-31-32-33-35-37-40-43-46-49-52-55-61(64)67-58-59(57-66-60(63)54-51-48-45-42-39-36-27-24-21-18-15-12-9-6-3)68-62(65)56-53-50-47-44-41-38-34-26-23-20-17-14-11-8-5-2/h8,11,17,20,26,29-30,34,41,44,50,53,59H,4-7,9-10,12-16,18-19,21-25,27-28,31-33,35-40,42-43,45-49,51-52,54-58H2,1-3H3/b11-8-,20-17-,30-29-,34-26-,44-41-,53-50-. The molecular weight excluding hydrogens is 841 g/mol. The molecule has 0 aliphatic carbocycles. The third-order valence-electron chi connectivity index (χ3n) is 12.5. The van der Waals surface area contributed by atoms with Crippen molar-refractivity contribution >= 4 is 17.9 Å². The van der Waals surface area contributed by atoms with Crippen molar-refractivity contribution in [3.63, 3.8) is 0 Å². The molecule has 0 aliphatic heterocycles. The molecular formula is C62H108O6. The molecule has 0 aromatic rings. The minimum absolute atomic E-state index is 0.0990. The van der Waals surface area contributed by atoms with Gasteiger partial charge in [-0.2, -0.15) is 0 Å². The van der Waals surface area contributed by atoms with Gasteiger partial charge in [0.2, 0.25) is 0 Å². The summed E-state index contributed by atoms with van der Waals surface area (Å²) < 4.78 is 16.8. The van der Waals surface area contributed by atoms with Crippen molar-refractivity contribution < 1.29 is 28.6 Å². The molecule has 0 N–H and O–H groups in total. The van der Waals surface area contributed by atoms with Crippen molar-refractivity contribution in [2.24, 2.45) is 0 Å². The van der Waals surface area contributed by atoms with Gasteiger partial charge in [0.1, 0.15) is 13.2 Å². The Kier molecular flexibility index (Phi) is 53.8. The Morgan fingerprint density at radius 3 is 0.956 bits per heavy atom. The molecule has 68 heavy (non-hydrogen) atoms. The van der Waals surface area contributed by atoms with Crippen LogP contribution in [0, 0.1) is 0 Å². The fraction of sp³-hybridized carbons (Fsp3) is 0.758. The van der Waals surface area contributed by atoms with E-state index in [0.29, 0.717) is 12.8 Å². The van der Waals surface area contributed by atoms with Crippen molar-refractivity contribution in [3.05, 3.63) is 72.9 Å². The first-order valence-electron chi connectivity index (χ1n) is 28.9. The van der Waals surface area contributed by atoms with Gasteiger partial charge in [0.15, 0.2) is 6.10 Å². The van der Waals surface area contributed by atoms with Gasteiger partial charge in [0.25, 0.3) is 0 Å². The van der Waals surface area contributed by atoms with E-state index in [1.165, 1.54) is 173 Å². The van der Waals surface area contributed by atoms with Crippen LogP contribution in [0.25, 0.3) is 0 Å². The van der Waals surface area contributed by atoms with E-state index in [-0.39, 0.29) is 31.6 Å². The predicted molar refractivity (Wildman–Crippen MR) is 293 cm³/mol. The first-order chi connectivity index (χ1) is 33.5. The highest BCUT2D eigenvalue weighted by molar-refractivity contribution is 5.72. The zero-order chi connectivity index (χ0) is 49.3. The molecule has 1 atom stereocenters. The normalized spacial score (nSPS) is 12.6. The Hall–Kier alpha value is -3.15. The van der Waals surface area contributed by atoms with E-state index in [9.17, 15) is 14.4 Å². The van der Waals surface area contributed by atoms with E-state index in [4.69, 9.17) is 14.2 Å². The first kappa shape index (κ1) is 64.8. The summed E-state index contributed by atoms with van der Waals surface area (Å²) in [6.45, 7) is 6.46. The third-order valence-corrected chi connectivity index (χ3v) is 12.5. The molecule has 0 bridgehead atoms. The summed E-state index contributed by atoms with van der Waals surface area (Å²) >= 11 is 0. The number of ether oxygens (including phenoxy) is 3. The lowest BCUT2D eigenvalue weighted by Gasteiger charge is -2.18. The minimum Gasteiger partial charge on any atom is -0.462 e. The summed E-state index contributed by atoms with van der Waals surface area (Å²) in [5.74, 6) is -1.04. The second-order valence-corrected chi connectivity index (χ2v) is 19.2. The van der Waals surface area contributed by atoms with Gasteiger partial charge in [-0.05, 0) is 70.6 Å². The highest BCUT2D eigenvalue weighted by Gasteiger charge is 2.19. The van der Waals surface area contributed by atoms with Crippen LogP contribution in [0.3, 0.4) is 0 Å². The molecule has 6 heteroatoms. The predicted octanol–water partition coefficient (Wildman–Crippen LogP) is 19.4. The molecule has 0 saturated carbocycles. The smallest absolute Gasteiger partial charge is 0.310 e. The van der Waals surface area contributed by atoms with Gasteiger partial charge in [-0.3, -0.25) is 14.4 Å². The van der Waals surface area contributed by atoms with Gasteiger partial charge in [0, 0.05) is 12.8 Å². The molecule has 6 nitrogen and oxygen atoms in total. The van der Waals surface area contributed by atoms with Crippen molar-refractivity contribution in [1.82, 2.24) is 0 Å². The van der Waals surface area contributed by atoms with Gasteiger partial charge < -0.3 is 14.2 Å². The molecule has 0 aliphatic rings. The van der Waals surface area contributed by atoms with E-state index in [1.54, 1.807) is 6.08 Å². The molecule has 0 heterocycles. The molecule has 1 unspecified atom stereocenters. The van der Waals surface area contributed by atoms with Gasteiger partial charge in [0.05, 0.1) is 6.42 Å². The molecule has 0 radical (unpaired) electrons. The van der Waals surface area contributed by atoms with E-state index in [2.05, 4.69) is 81.5 Å². The SMILES string of the molecule is CC/C=C\C/C=C\C/C=C\C/C=C\C/C=C\CC(=O)OC(COC(=O)CCCCCCCCCCC/C=C\CCCCCCCCCC)COC(=O)CCCCCCCCCCCCCCCC. The summed E-state index contributed by atoms with van der Waals surface area (Å²) in [5, 5.41) is 0. The Balaban J connectivity index is 4.41. The highest BCUT2D eigenvalue weighted by atomic mass is 16.6. The van der Waals surface area contributed by atoms with Crippen molar-refractivity contribution in [1.29, 1.82) is 0 Å². The summed E-state index contributed by atoms with van der Waals surface area (Å²) in [5.41, 5.74) is 0. The monoisotopic (exact) mass is 949 g/mol. The van der Waals surface area contributed by atoms with Crippen LogP contribution in [-0.2, 0) is 28.6 Å². The summed E-state index contributed by atoms with van der Waals surface area (Å²) in [4.78, 5) is 38.1. The number of rotatable bonds is 52. The second kappa shape index (κ2) is 56.4. The van der Waals surface area contributed by atoms with Crippen LogP contribution in [-0.4, -0.2) is 37.2 Å². The number of allylic oxidation sites excluding steroid dienone is 11. The average Bonchev–Trinajstić information content (AvgIpc) is 3.34. The zero-order valence-corrected chi connectivity index (χ0v) is 44.9. The lowest BCUT2D eigenvalue weighted by atomic mass is 10.0. The van der Waals surface area contributed by atoms with Crippen molar-refractivity contribution in [3.8, 4) is 0 Å². The molecule has 0 aromatic carbocycles. The van der Waals surface area contributed by atoms with Crippen LogP contribution in [0.5, 0.6) is 0 Å². The summed E-state index contributed by atoms with van der Waals surface area (Å²) in [7, 11) is 0. The summed E-state index contributed by atoms with van der Waals surface area (Å²) in [6, 6.07) is 0. The zero-order valence-electron chi connectivity index (χ0n) is 44.9. The van der Waals surface area contributed by atoms with Crippen LogP contribution in [0.4, 0.5) is 0 Å². The maximum absolute atomic E-state index is 12.8. The molecule has 0 fully saturated rings. The van der Waals surface area contributed by atoms with Crippen LogP contribution in [0.1, 0.15) is 284 Å². The Morgan fingerprint density at radius 1 is 0.324 bits per heavy atom. The Bertz CT molecular complexity index is 1270. The highest BCUT2D eigenvalue weighted by Crippen LogP contribution is 2.16. The third kappa shape index (κ3) is 53.8. The number of hydrogen-bond acceptors (Lipinski definition) is 6. The van der Waals surface area contributed by atoms with E-state index in [1.807, 2.05) is 6.08 Å². The van der Waals surface area contributed by atoms with Crippen LogP contribution < -0.4 is 0 Å². The lowest BCUT2D eigenvalue weighted by Crippen LogP contribution is -2.30. The van der Waals surface area contributed by atoms with E-state index >= 15 is 0 Å². The molecule has 392 valence electrons. The molecule has 0 saturated heterocycles. The maximum atomic E-state index is 12.8. The summed E-state index contributed by atoms with van der Waals surface area (Å²) in [6.07, 6.45) is 72.1. The number of carbonyl (C=O) groups is 3. The molecule has 0 rings (SSSR count). The van der Waals surface area contributed by atoms with Crippen molar-refractivity contribution in [2.75, 3.05) is 13.2 Å². The molecule has 0 spiro atoms. The maximum Gasteiger partial charge on any atom is 0.310 e. The van der Waals surface area contributed by atoms with Gasteiger partial charge in [-0.15, -0.1) is 0 Å². The fourth-order valence-corrected chi connectivity index (χ4v) is 8.16. The minimum atomic E-state index is -0.829. The lowest BCUT2D eigenvalue weighted by molar-refractivity contribution is -0.166. The van der Waals surface area contributed by atoms with Gasteiger partial charge >= 0.3 is 17.9 Å². The van der Waals surface area contributed by atoms with E-state index < -0.39 is 12.1 Å². The van der Waals surface area contributed by atoms with Crippen LogP contribution in [0.2, 0.25) is 0 Å². The topological polar surface area (TPSA) is 78.9 Å².